The molecule has 0 saturated heterocycles. The summed E-state index contributed by atoms with van der Waals surface area (Å²) >= 11 is 12.0. The predicted octanol–water partition coefficient (Wildman–Crippen LogP) is 4.48. The molecule has 0 aliphatic rings. The third-order valence-electron chi connectivity index (χ3n) is 5.23. The molecule has 186 valence electrons. The standard InChI is InChI=1S/C24H31Cl2N3O4S/c1-4-14-27-24(31)18(2)28(17-19-10-12-20(25)13-11-19)23(30)9-6-15-29(34(3,32)33)22-8-5-7-21(26)16-22/h5,7-8,10-13,16,18H,4,6,9,14-15,17H2,1-3H3,(H,27,31)/t18-/m1/s1. The van der Waals surface area contributed by atoms with E-state index in [1.165, 1.54) is 9.21 Å². The van der Waals surface area contributed by atoms with Crippen molar-refractivity contribution in [3.63, 3.8) is 0 Å². The van der Waals surface area contributed by atoms with Crippen LogP contribution in [0.15, 0.2) is 48.5 Å². The highest BCUT2D eigenvalue weighted by molar-refractivity contribution is 7.92. The molecular formula is C24H31Cl2N3O4S. The van der Waals surface area contributed by atoms with Gasteiger partial charge in [0.15, 0.2) is 0 Å². The van der Waals surface area contributed by atoms with Gasteiger partial charge in [-0.1, -0.05) is 48.3 Å². The zero-order valence-corrected chi connectivity index (χ0v) is 22.0. The lowest BCUT2D eigenvalue weighted by molar-refractivity contribution is -0.140. The summed E-state index contributed by atoms with van der Waals surface area (Å²) in [6, 6.07) is 13.0. The molecule has 10 heteroatoms. The molecule has 0 bridgehead atoms. The van der Waals surface area contributed by atoms with Gasteiger partial charge in [0.25, 0.3) is 0 Å². The van der Waals surface area contributed by atoms with Crippen LogP contribution < -0.4 is 9.62 Å². The molecule has 1 N–H and O–H groups in total. The first-order valence-electron chi connectivity index (χ1n) is 11.1. The van der Waals surface area contributed by atoms with Gasteiger partial charge in [0.1, 0.15) is 6.04 Å². The molecule has 1 atom stereocenters. The molecule has 0 aliphatic carbocycles. The fourth-order valence-electron chi connectivity index (χ4n) is 3.40. The van der Waals surface area contributed by atoms with E-state index in [1.54, 1.807) is 43.3 Å². The third-order valence-corrected chi connectivity index (χ3v) is 6.91. The Morgan fingerprint density at radius 1 is 1.06 bits per heavy atom. The Hall–Kier alpha value is -2.29. The van der Waals surface area contributed by atoms with Crippen LogP contribution in [0.1, 0.15) is 38.7 Å². The summed E-state index contributed by atoms with van der Waals surface area (Å²) in [6.07, 6.45) is 2.25. The van der Waals surface area contributed by atoms with Gasteiger partial charge >= 0.3 is 0 Å². The minimum absolute atomic E-state index is 0.0750. The molecule has 2 aromatic carbocycles. The molecule has 0 spiro atoms. The number of nitrogens with one attached hydrogen (secondary N) is 1. The van der Waals surface area contributed by atoms with Gasteiger partial charge in [-0.15, -0.1) is 0 Å². The van der Waals surface area contributed by atoms with E-state index in [1.807, 2.05) is 19.1 Å². The van der Waals surface area contributed by atoms with Crippen molar-refractivity contribution in [3.05, 3.63) is 64.1 Å². The lowest BCUT2D eigenvalue weighted by atomic mass is 10.1. The molecular weight excluding hydrogens is 497 g/mol. The summed E-state index contributed by atoms with van der Waals surface area (Å²) < 4.78 is 25.9. The quantitative estimate of drug-likeness (QED) is 0.440. The van der Waals surface area contributed by atoms with E-state index >= 15 is 0 Å². The topological polar surface area (TPSA) is 86.8 Å². The first-order chi connectivity index (χ1) is 16.0. The van der Waals surface area contributed by atoms with Crippen molar-refractivity contribution in [1.29, 1.82) is 0 Å². The van der Waals surface area contributed by atoms with E-state index in [4.69, 9.17) is 23.2 Å². The molecule has 2 amide bonds. The number of anilines is 1. The molecule has 0 fully saturated rings. The fourth-order valence-corrected chi connectivity index (χ4v) is 4.67. The number of benzene rings is 2. The Morgan fingerprint density at radius 3 is 2.32 bits per heavy atom. The van der Waals surface area contributed by atoms with Crippen molar-refractivity contribution in [3.8, 4) is 0 Å². The van der Waals surface area contributed by atoms with Crippen LogP contribution in [-0.4, -0.2) is 50.5 Å². The number of sulfonamides is 1. The fraction of sp³-hybridized carbons (Fsp3) is 0.417. The number of carbonyl (C=O) groups excluding carboxylic acids is 2. The lowest BCUT2D eigenvalue weighted by Crippen LogP contribution is -2.47. The Balaban J connectivity index is 2.14. The maximum atomic E-state index is 13.2. The van der Waals surface area contributed by atoms with E-state index in [0.29, 0.717) is 22.3 Å². The Morgan fingerprint density at radius 2 is 1.74 bits per heavy atom. The highest BCUT2D eigenvalue weighted by Gasteiger charge is 2.26. The van der Waals surface area contributed by atoms with Crippen molar-refractivity contribution in [1.82, 2.24) is 10.2 Å². The maximum absolute atomic E-state index is 13.2. The van der Waals surface area contributed by atoms with Crippen molar-refractivity contribution in [2.24, 2.45) is 0 Å². The summed E-state index contributed by atoms with van der Waals surface area (Å²) in [5, 5.41) is 3.83. The molecule has 7 nitrogen and oxygen atoms in total. The first kappa shape index (κ1) is 28.0. The van der Waals surface area contributed by atoms with Crippen LogP contribution in [0.4, 0.5) is 5.69 Å². The Labute approximate surface area is 212 Å². The molecule has 2 aromatic rings. The molecule has 0 unspecified atom stereocenters. The van der Waals surface area contributed by atoms with Crippen molar-refractivity contribution in [2.75, 3.05) is 23.7 Å². The Bertz CT molecular complexity index is 1080. The van der Waals surface area contributed by atoms with Gasteiger partial charge in [-0.25, -0.2) is 8.42 Å². The summed E-state index contributed by atoms with van der Waals surface area (Å²) in [7, 11) is -3.57. The van der Waals surface area contributed by atoms with Crippen LogP contribution in [0.5, 0.6) is 0 Å². The third kappa shape index (κ3) is 8.49. The maximum Gasteiger partial charge on any atom is 0.242 e. The van der Waals surface area contributed by atoms with Gasteiger partial charge in [0.2, 0.25) is 21.8 Å². The summed E-state index contributed by atoms with van der Waals surface area (Å²) in [5.74, 6) is -0.477. The SMILES string of the molecule is CCCNC(=O)[C@@H](C)N(Cc1ccc(Cl)cc1)C(=O)CCCN(c1cccc(Cl)c1)S(C)(=O)=O. The number of nitrogens with zero attached hydrogens (tertiary/aromatic N) is 2. The van der Waals surface area contributed by atoms with Crippen molar-refractivity contribution >= 4 is 50.7 Å². The number of carbonyl (C=O) groups is 2. The van der Waals surface area contributed by atoms with Gasteiger partial charge in [0, 0.05) is 36.1 Å². The second-order valence-corrected chi connectivity index (χ2v) is 10.8. The molecule has 0 heterocycles. The number of hydrogen-bond acceptors (Lipinski definition) is 4. The summed E-state index contributed by atoms with van der Waals surface area (Å²) in [6.45, 7) is 4.51. The van der Waals surface area contributed by atoms with Gasteiger partial charge in [-0.3, -0.25) is 13.9 Å². The minimum atomic E-state index is -3.57. The van der Waals surface area contributed by atoms with Crippen molar-refractivity contribution < 1.29 is 18.0 Å². The average molecular weight is 529 g/mol. The van der Waals surface area contributed by atoms with Gasteiger partial charge in [0.05, 0.1) is 11.9 Å². The first-order valence-corrected chi connectivity index (χ1v) is 13.7. The van der Waals surface area contributed by atoms with E-state index in [-0.39, 0.29) is 37.7 Å². The molecule has 2 rings (SSSR count). The monoisotopic (exact) mass is 527 g/mol. The predicted molar refractivity (Wildman–Crippen MR) is 138 cm³/mol. The largest absolute Gasteiger partial charge is 0.354 e. The average Bonchev–Trinajstić information content (AvgIpc) is 2.78. The highest BCUT2D eigenvalue weighted by Crippen LogP contribution is 2.23. The zero-order valence-electron chi connectivity index (χ0n) is 19.6. The second-order valence-electron chi connectivity index (χ2n) is 8.03. The van der Waals surface area contributed by atoms with Crippen LogP contribution >= 0.6 is 23.2 Å². The van der Waals surface area contributed by atoms with Gasteiger partial charge < -0.3 is 10.2 Å². The van der Waals surface area contributed by atoms with Crippen LogP contribution in [0.3, 0.4) is 0 Å². The molecule has 34 heavy (non-hydrogen) atoms. The highest BCUT2D eigenvalue weighted by atomic mass is 35.5. The number of amides is 2. The van der Waals surface area contributed by atoms with Crippen LogP contribution in [0, 0.1) is 0 Å². The molecule has 0 aromatic heterocycles. The van der Waals surface area contributed by atoms with E-state index in [0.717, 1.165) is 18.2 Å². The zero-order chi connectivity index (χ0) is 25.3. The van der Waals surface area contributed by atoms with E-state index in [9.17, 15) is 18.0 Å². The normalized spacial score (nSPS) is 12.1. The summed E-state index contributed by atoms with van der Waals surface area (Å²) in [5.41, 5.74) is 1.28. The number of hydrogen-bond donors (Lipinski definition) is 1. The van der Waals surface area contributed by atoms with Gasteiger partial charge in [-0.05, 0) is 55.7 Å². The molecule has 0 aliphatic heterocycles. The lowest BCUT2D eigenvalue weighted by Gasteiger charge is -2.29. The summed E-state index contributed by atoms with van der Waals surface area (Å²) in [4.78, 5) is 27.3. The van der Waals surface area contributed by atoms with Crippen LogP contribution in [0.25, 0.3) is 0 Å². The van der Waals surface area contributed by atoms with Crippen molar-refractivity contribution in [2.45, 2.75) is 45.7 Å². The molecule has 0 radical (unpaired) electrons. The van der Waals surface area contributed by atoms with Gasteiger partial charge in [-0.2, -0.15) is 0 Å². The Kier molecular flexibility index (Phi) is 10.7. The number of halogens is 2. The molecule has 0 saturated carbocycles. The minimum Gasteiger partial charge on any atom is -0.354 e. The van der Waals surface area contributed by atoms with Crippen LogP contribution in [0.2, 0.25) is 10.0 Å². The number of rotatable bonds is 12. The smallest absolute Gasteiger partial charge is 0.242 e. The van der Waals surface area contributed by atoms with Crippen LogP contribution in [-0.2, 0) is 26.2 Å². The van der Waals surface area contributed by atoms with E-state index in [2.05, 4.69) is 5.32 Å². The second kappa shape index (κ2) is 13.0. The van der Waals surface area contributed by atoms with E-state index < -0.39 is 16.1 Å².